The zero-order chi connectivity index (χ0) is 15.9. The minimum atomic E-state index is -1.48. The number of aromatic amines is 1. The first-order valence-corrected chi connectivity index (χ1v) is 7.13. The highest BCUT2D eigenvalue weighted by molar-refractivity contribution is 6.31. The molecule has 5 N–H and O–H groups in total. The van der Waals surface area contributed by atoms with E-state index in [0.717, 1.165) is 10.9 Å². The molecule has 1 aromatic heterocycles. The van der Waals surface area contributed by atoms with Gasteiger partial charge in [-0.05, 0) is 12.1 Å². The van der Waals surface area contributed by atoms with Crippen molar-refractivity contribution in [3.63, 3.8) is 0 Å². The first kappa shape index (κ1) is 15.5. The maximum Gasteiger partial charge on any atom is 0.230 e. The lowest BCUT2D eigenvalue weighted by Crippen LogP contribution is -2.60. The number of aromatic nitrogens is 1. The third kappa shape index (κ3) is 2.79. The third-order valence-corrected chi connectivity index (χ3v) is 3.89. The summed E-state index contributed by atoms with van der Waals surface area (Å²) in [6.45, 7) is -0.507. The second kappa shape index (κ2) is 6.04. The molecule has 1 aromatic carbocycles. The molecule has 2 aromatic rings. The first-order valence-electron chi connectivity index (χ1n) is 6.75. The summed E-state index contributed by atoms with van der Waals surface area (Å²) in [6, 6.07) is 6.94. The Balaban J connectivity index is 1.80. The largest absolute Gasteiger partial charge is 0.447 e. The van der Waals surface area contributed by atoms with E-state index in [2.05, 4.69) is 4.98 Å². The zero-order valence-electron chi connectivity index (χ0n) is 11.4. The molecule has 22 heavy (non-hydrogen) atoms. The molecule has 120 valence electrons. The van der Waals surface area contributed by atoms with E-state index in [9.17, 15) is 15.3 Å². The van der Waals surface area contributed by atoms with Crippen LogP contribution in [-0.2, 0) is 4.74 Å². The molecule has 5 atom stereocenters. The van der Waals surface area contributed by atoms with Crippen molar-refractivity contribution < 1.29 is 29.9 Å². The Bertz CT molecular complexity index is 660. The quantitative estimate of drug-likeness (QED) is 0.541. The van der Waals surface area contributed by atoms with Crippen molar-refractivity contribution in [1.29, 1.82) is 0 Å². The molecular weight excluding hydrogens is 314 g/mol. The van der Waals surface area contributed by atoms with E-state index < -0.39 is 37.3 Å². The number of hydrogen-bond acceptors (Lipinski definition) is 6. The minimum Gasteiger partial charge on any atom is -0.447 e. The van der Waals surface area contributed by atoms with E-state index in [1.165, 1.54) is 0 Å². The summed E-state index contributed by atoms with van der Waals surface area (Å²) >= 11 is 5.90. The third-order valence-electron chi connectivity index (χ3n) is 3.65. The van der Waals surface area contributed by atoms with Gasteiger partial charge in [0.2, 0.25) is 6.29 Å². The highest BCUT2D eigenvalue weighted by Gasteiger charge is 2.44. The van der Waals surface area contributed by atoms with E-state index >= 15 is 0 Å². The molecule has 1 saturated heterocycles. The van der Waals surface area contributed by atoms with Crippen LogP contribution in [0.25, 0.3) is 10.9 Å². The van der Waals surface area contributed by atoms with E-state index in [4.69, 9.17) is 26.2 Å². The van der Waals surface area contributed by atoms with E-state index in [1.54, 1.807) is 24.3 Å². The molecular formula is C14H16ClNO6. The fraction of sp³-hybridized carbons (Fsp3) is 0.429. The van der Waals surface area contributed by atoms with Crippen molar-refractivity contribution >= 4 is 22.5 Å². The Hall–Kier alpha value is -1.35. The Kier molecular flexibility index (Phi) is 4.26. The van der Waals surface area contributed by atoms with Gasteiger partial charge in [-0.15, -0.1) is 0 Å². The molecule has 1 aliphatic heterocycles. The molecule has 1 unspecified atom stereocenters. The summed E-state index contributed by atoms with van der Waals surface area (Å²) < 4.78 is 10.8. The first-order chi connectivity index (χ1) is 10.5. The van der Waals surface area contributed by atoms with Crippen LogP contribution in [0.3, 0.4) is 0 Å². The zero-order valence-corrected chi connectivity index (χ0v) is 12.1. The second-order valence-corrected chi connectivity index (χ2v) is 5.62. The van der Waals surface area contributed by atoms with Gasteiger partial charge in [0, 0.05) is 22.0 Å². The number of fused-ring (bicyclic) bond motifs is 1. The number of halogens is 1. The van der Waals surface area contributed by atoms with Crippen molar-refractivity contribution in [3.05, 3.63) is 29.3 Å². The molecule has 1 fully saturated rings. The molecule has 0 saturated carbocycles. The van der Waals surface area contributed by atoms with Gasteiger partial charge in [-0.2, -0.15) is 0 Å². The lowest BCUT2D eigenvalue weighted by atomic mass is 9.99. The molecule has 0 aliphatic carbocycles. The molecule has 8 heteroatoms. The standard InChI is InChI=1S/C14H16ClNO6/c15-7-2-1-6-3-10(16-8(6)4-7)22-14-13(20)12(19)11(18)9(5-17)21-14/h1-4,9,11-14,16-20H,5H2/t9-,11-,12+,13-,14?/m1/s1. The van der Waals surface area contributed by atoms with Crippen molar-refractivity contribution in [2.24, 2.45) is 0 Å². The predicted octanol–water partition coefficient (Wildman–Crippen LogP) is -0.000000000000000500. The van der Waals surface area contributed by atoms with Gasteiger partial charge in [0.25, 0.3) is 0 Å². The smallest absolute Gasteiger partial charge is 0.230 e. The van der Waals surface area contributed by atoms with Crippen molar-refractivity contribution in [1.82, 2.24) is 4.98 Å². The van der Waals surface area contributed by atoms with E-state index in [0.29, 0.717) is 10.9 Å². The summed E-state index contributed by atoms with van der Waals surface area (Å²) in [5, 5.41) is 39.9. The van der Waals surface area contributed by atoms with Crippen LogP contribution >= 0.6 is 11.6 Å². The van der Waals surface area contributed by atoms with Crippen molar-refractivity contribution in [2.45, 2.75) is 30.7 Å². The Morgan fingerprint density at radius 1 is 1.14 bits per heavy atom. The number of ether oxygens (including phenoxy) is 2. The monoisotopic (exact) mass is 329 g/mol. The number of nitrogens with one attached hydrogen (secondary N) is 1. The second-order valence-electron chi connectivity index (χ2n) is 5.18. The fourth-order valence-corrected chi connectivity index (χ4v) is 2.60. The lowest BCUT2D eigenvalue weighted by Gasteiger charge is -2.39. The van der Waals surface area contributed by atoms with Gasteiger partial charge in [-0.3, -0.25) is 0 Å². The maximum absolute atomic E-state index is 9.92. The topological polar surface area (TPSA) is 115 Å². The van der Waals surface area contributed by atoms with Gasteiger partial charge in [0.15, 0.2) is 5.88 Å². The molecule has 3 rings (SSSR count). The predicted molar refractivity (Wildman–Crippen MR) is 77.7 cm³/mol. The van der Waals surface area contributed by atoms with Gasteiger partial charge >= 0.3 is 0 Å². The molecule has 7 nitrogen and oxygen atoms in total. The van der Waals surface area contributed by atoms with Crippen LogP contribution in [0, 0.1) is 0 Å². The van der Waals surface area contributed by atoms with Crippen LogP contribution in [0.15, 0.2) is 24.3 Å². The fourth-order valence-electron chi connectivity index (χ4n) is 2.43. The maximum atomic E-state index is 9.92. The van der Waals surface area contributed by atoms with Crippen molar-refractivity contribution in [3.8, 4) is 5.88 Å². The summed E-state index contributed by atoms with van der Waals surface area (Å²) in [5.74, 6) is 0.307. The SMILES string of the molecule is OC[C@H]1OC(Oc2cc3ccc(Cl)cc3[nH]2)[C@H](O)[C@@H](O)[C@@H]1O. The van der Waals surface area contributed by atoms with Gasteiger partial charge in [-0.25, -0.2) is 0 Å². The average Bonchev–Trinajstić information content (AvgIpc) is 2.89. The summed E-state index contributed by atoms with van der Waals surface area (Å²) in [6.07, 6.45) is -6.58. The van der Waals surface area contributed by atoms with Crippen LogP contribution in [0.5, 0.6) is 5.88 Å². The van der Waals surface area contributed by atoms with Gasteiger partial charge in [0.05, 0.1) is 6.61 Å². The molecule has 0 radical (unpaired) electrons. The average molecular weight is 330 g/mol. The number of aliphatic hydroxyl groups is 4. The number of benzene rings is 1. The summed E-state index contributed by atoms with van der Waals surface area (Å²) in [7, 11) is 0. The normalized spacial score (nSPS) is 32.3. The van der Waals surface area contributed by atoms with E-state index in [1.807, 2.05) is 0 Å². The van der Waals surface area contributed by atoms with Gasteiger partial charge in [0.1, 0.15) is 24.4 Å². The number of aliphatic hydroxyl groups excluding tert-OH is 4. The highest BCUT2D eigenvalue weighted by Crippen LogP contribution is 2.27. The lowest BCUT2D eigenvalue weighted by molar-refractivity contribution is -0.278. The molecule has 0 bridgehead atoms. The number of hydrogen-bond donors (Lipinski definition) is 5. The molecule has 0 amide bonds. The Labute approximate surface area is 130 Å². The molecule has 1 aliphatic rings. The van der Waals surface area contributed by atoms with Crippen LogP contribution in [0.1, 0.15) is 0 Å². The number of H-pyrrole nitrogens is 1. The van der Waals surface area contributed by atoms with Gasteiger partial charge < -0.3 is 34.9 Å². The Morgan fingerprint density at radius 3 is 2.64 bits per heavy atom. The van der Waals surface area contributed by atoms with Crippen LogP contribution in [0.2, 0.25) is 5.02 Å². The van der Waals surface area contributed by atoms with Crippen LogP contribution in [-0.4, -0.2) is 62.7 Å². The van der Waals surface area contributed by atoms with Crippen molar-refractivity contribution in [2.75, 3.05) is 6.61 Å². The number of rotatable bonds is 3. The summed E-state index contributed by atoms with van der Waals surface area (Å²) in [4.78, 5) is 2.96. The molecule has 0 spiro atoms. The van der Waals surface area contributed by atoms with Gasteiger partial charge in [-0.1, -0.05) is 17.7 Å². The van der Waals surface area contributed by atoms with Crippen LogP contribution < -0.4 is 4.74 Å². The summed E-state index contributed by atoms with van der Waals surface area (Å²) in [5.41, 5.74) is 0.743. The minimum absolute atomic E-state index is 0.307. The van der Waals surface area contributed by atoms with E-state index in [-0.39, 0.29) is 0 Å². The van der Waals surface area contributed by atoms with Crippen LogP contribution in [0.4, 0.5) is 0 Å². The molecule has 2 heterocycles. The Morgan fingerprint density at radius 2 is 1.91 bits per heavy atom. The highest BCUT2D eigenvalue weighted by atomic mass is 35.5.